The largest absolute Gasteiger partial charge is 0.464 e. The van der Waals surface area contributed by atoms with Gasteiger partial charge in [0.1, 0.15) is 11.5 Å². The van der Waals surface area contributed by atoms with Gasteiger partial charge in [-0.25, -0.2) is 0 Å². The average Bonchev–Trinajstić information content (AvgIpc) is 3.26. The molecule has 23 heavy (non-hydrogen) atoms. The van der Waals surface area contributed by atoms with Gasteiger partial charge in [0.15, 0.2) is 5.76 Å². The monoisotopic (exact) mass is 333 g/mol. The number of carbonyl (C=O) groups is 1. The summed E-state index contributed by atoms with van der Waals surface area (Å²) in [6, 6.07) is 7.20. The number of thioether (sulfide) groups is 1. The molecule has 7 nitrogen and oxygen atoms in total. The number of rotatable bonds is 6. The number of amides is 1. The zero-order valence-electron chi connectivity index (χ0n) is 12.7. The van der Waals surface area contributed by atoms with E-state index in [-0.39, 0.29) is 11.7 Å². The van der Waals surface area contributed by atoms with Gasteiger partial charge >= 0.3 is 0 Å². The normalized spacial score (nSPS) is 10.9. The quantitative estimate of drug-likeness (QED) is 0.641. The lowest BCUT2D eigenvalue weighted by Crippen LogP contribution is -2.27. The van der Waals surface area contributed by atoms with Crippen molar-refractivity contribution in [2.24, 2.45) is 0 Å². The summed E-state index contributed by atoms with van der Waals surface area (Å²) >= 11 is 1.19. The molecule has 3 aromatic rings. The third-order valence-electron chi connectivity index (χ3n) is 3.07. The Labute approximate surface area is 136 Å². The summed E-state index contributed by atoms with van der Waals surface area (Å²) < 4.78 is 16.1. The molecule has 0 saturated heterocycles. The summed E-state index contributed by atoms with van der Waals surface area (Å²) in [5.41, 5.74) is 0. The minimum absolute atomic E-state index is 0.0539. The van der Waals surface area contributed by atoms with E-state index in [4.69, 9.17) is 13.3 Å². The van der Waals surface area contributed by atoms with Crippen molar-refractivity contribution < 1.29 is 18.0 Å². The van der Waals surface area contributed by atoms with Gasteiger partial charge in [-0.1, -0.05) is 11.8 Å². The van der Waals surface area contributed by atoms with Crippen molar-refractivity contribution in [2.45, 2.75) is 18.7 Å². The van der Waals surface area contributed by atoms with Crippen LogP contribution >= 0.6 is 11.8 Å². The Bertz CT molecular complexity index is 778. The molecule has 3 heterocycles. The van der Waals surface area contributed by atoms with Crippen molar-refractivity contribution in [1.82, 2.24) is 15.1 Å². The van der Waals surface area contributed by atoms with Crippen LogP contribution in [0.15, 0.2) is 49.0 Å². The maximum Gasteiger partial charge on any atom is 0.284 e. The molecule has 0 aliphatic heterocycles. The number of aromatic nitrogens is 2. The number of nitrogens with zero attached hydrogens (tertiary/aromatic N) is 3. The van der Waals surface area contributed by atoms with Crippen LogP contribution in [0.3, 0.4) is 0 Å². The zero-order valence-corrected chi connectivity index (χ0v) is 13.5. The SMILES string of the molecule is Cc1ccc(CN(C)C(=O)CSc2nnc(-c3ccco3)o2)o1. The summed E-state index contributed by atoms with van der Waals surface area (Å²) in [7, 11) is 1.73. The van der Waals surface area contributed by atoms with Gasteiger partial charge in [-0.2, -0.15) is 0 Å². The maximum absolute atomic E-state index is 12.1. The van der Waals surface area contributed by atoms with Crippen LogP contribution in [0.25, 0.3) is 11.7 Å². The molecule has 120 valence electrons. The number of hydrogen-bond donors (Lipinski definition) is 0. The molecule has 0 atom stereocenters. The molecule has 3 aromatic heterocycles. The van der Waals surface area contributed by atoms with Gasteiger partial charge in [-0.15, -0.1) is 10.2 Å². The van der Waals surface area contributed by atoms with Gasteiger partial charge in [0, 0.05) is 7.05 Å². The molecule has 0 saturated carbocycles. The Hall–Kier alpha value is -2.48. The molecule has 1 amide bonds. The highest BCUT2D eigenvalue weighted by Crippen LogP contribution is 2.23. The molecule has 3 rings (SSSR count). The molecule has 0 unspecified atom stereocenters. The van der Waals surface area contributed by atoms with Crippen LogP contribution in [-0.2, 0) is 11.3 Å². The molecule has 8 heteroatoms. The fourth-order valence-electron chi connectivity index (χ4n) is 1.89. The average molecular weight is 333 g/mol. The van der Waals surface area contributed by atoms with E-state index >= 15 is 0 Å². The second-order valence-corrected chi connectivity index (χ2v) is 5.83. The first-order chi connectivity index (χ1) is 11.1. The number of furan rings is 2. The van der Waals surface area contributed by atoms with Crippen molar-refractivity contribution >= 4 is 17.7 Å². The topological polar surface area (TPSA) is 85.5 Å². The van der Waals surface area contributed by atoms with Crippen LogP contribution in [0.4, 0.5) is 0 Å². The van der Waals surface area contributed by atoms with Gasteiger partial charge < -0.3 is 18.2 Å². The van der Waals surface area contributed by atoms with Crippen LogP contribution in [0.1, 0.15) is 11.5 Å². The van der Waals surface area contributed by atoms with E-state index in [1.165, 1.54) is 18.0 Å². The van der Waals surface area contributed by atoms with Crippen molar-refractivity contribution in [1.29, 1.82) is 0 Å². The molecule has 0 radical (unpaired) electrons. The van der Waals surface area contributed by atoms with Crippen molar-refractivity contribution in [3.63, 3.8) is 0 Å². The molecule has 0 aliphatic carbocycles. The molecule has 0 aromatic carbocycles. The Morgan fingerprint density at radius 1 is 1.26 bits per heavy atom. The van der Waals surface area contributed by atoms with E-state index in [2.05, 4.69) is 10.2 Å². The number of hydrogen-bond acceptors (Lipinski definition) is 7. The Morgan fingerprint density at radius 2 is 2.13 bits per heavy atom. The molecular formula is C15H15N3O4S. The maximum atomic E-state index is 12.1. The molecule has 0 spiro atoms. The van der Waals surface area contributed by atoms with Gasteiger partial charge in [0.25, 0.3) is 11.1 Å². The molecule has 0 aliphatic rings. The second-order valence-electron chi connectivity index (χ2n) is 4.90. The van der Waals surface area contributed by atoms with Crippen molar-refractivity contribution in [3.05, 3.63) is 42.0 Å². The van der Waals surface area contributed by atoms with Crippen LogP contribution in [-0.4, -0.2) is 33.8 Å². The summed E-state index contributed by atoms with van der Waals surface area (Å²) in [6.45, 7) is 2.29. The lowest BCUT2D eigenvalue weighted by atomic mass is 10.4. The first-order valence-corrected chi connectivity index (χ1v) is 7.90. The summed E-state index contributed by atoms with van der Waals surface area (Å²) in [5, 5.41) is 8.09. The third kappa shape index (κ3) is 3.84. The minimum Gasteiger partial charge on any atom is -0.464 e. The van der Waals surface area contributed by atoms with Gasteiger partial charge in [-0.05, 0) is 31.2 Å². The fourth-order valence-corrected chi connectivity index (χ4v) is 2.60. The van der Waals surface area contributed by atoms with E-state index in [1.54, 1.807) is 24.1 Å². The van der Waals surface area contributed by atoms with E-state index < -0.39 is 0 Å². The Morgan fingerprint density at radius 3 is 2.83 bits per heavy atom. The van der Waals surface area contributed by atoms with Crippen LogP contribution in [0.5, 0.6) is 0 Å². The molecule has 0 N–H and O–H groups in total. The highest BCUT2D eigenvalue weighted by molar-refractivity contribution is 7.99. The predicted molar refractivity (Wildman–Crippen MR) is 82.6 cm³/mol. The van der Waals surface area contributed by atoms with E-state index in [0.717, 1.165) is 11.5 Å². The first kappa shape index (κ1) is 15.4. The minimum atomic E-state index is -0.0539. The summed E-state index contributed by atoms with van der Waals surface area (Å²) in [4.78, 5) is 13.7. The van der Waals surface area contributed by atoms with Crippen LogP contribution < -0.4 is 0 Å². The molecular weight excluding hydrogens is 318 g/mol. The molecule has 0 bridgehead atoms. The van der Waals surface area contributed by atoms with Crippen molar-refractivity contribution in [3.8, 4) is 11.7 Å². The van der Waals surface area contributed by atoms with E-state index in [9.17, 15) is 4.79 Å². The van der Waals surface area contributed by atoms with Crippen LogP contribution in [0.2, 0.25) is 0 Å². The lowest BCUT2D eigenvalue weighted by molar-refractivity contribution is -0.127. The molecule has 0 fully saturated rings. The summed E-state index contributed by atoms with van der Waals surface area (Å²) in [5.74, 6) is 2.52. The van der Waals surface area contributed by atoms with E-state index in [1.807, 2.05) is 19.1 Å². The summed E-state index contributed by atoms with van der Waals surface area (Å²) in [6.07, 6.45) is 1.53. The van der Waals surface area contributed by atoms with Crippen molar-refractivity contribution in [2.75, 3.05) is 12.8 Å². The lowest BCUT2D eigenvalue weighted by Gasteiger charge is -2.14. The van der Waals surface area contributed by atoms with Gasteiger partial charge in [-0.3, -0.25) is 4.79 Å². The first-order valence-electron chi connectivity index (χ1n) is 6.91. The van der Waals surface area contributed by atoms with E-state index in [0.29, 0.717) is 23.4 Å². The highest BCUT2D eigenvalue weighted by atomic mass is 32.2. The fraction of sp³-hybridized carbons (Fsp3) is 0.267. The zero-order chi connectivity index (χ0) is 16.2. The highest BCUT2D eigenvalue weighted by Gasteiger charge is 2.15. The smallest absolute Gasteiger partial charge is 0.284 e. The Kier molecular flexibility index (Phi) is 4.52. The number of aryl methyl sites for hydroxylation is 1. The van der Waals surface area contributed by atoms with Crippen LogP contribution in [0, 0.1) is 6.92 Å². The third-order valence-corrected chi connectivity index (χ3v) is 3.88. The number of carbonyl (C=O) groups excluding carboxylic acids is 1. The predicted octanol–water partition coefficient (Wildman–Crippen LogP) is 2.98. The Balaban J connectivity index is 1.52. The van der Waals surface area contributed by atoms with Gasteiger partial charge in [0.05, 0.1) is 18.6 Å². The standard InChI is InChI=1S/C15H15N3O4S/c1-10-5-6-11(21-10)8-18(2)13(19)9-23-15-17-16-14(22-15)12-4-3-7-20-12/h3-7H,8-9H2,1-2H3. The van der Waals surface area contributed by atoms with Gasteiger partial charge in [0.2, 0.25) is 5.91 Å². The second kappa shape index (κ2) is 6.74.